The number of nitrogens with one attached hydrogen (secondary N) is 1. The van der Waals surface area contributed by atoms with E-state index in [1.165, 1.54) is 0 Å². The Morgan fingerprint density at radius 2 is 2.32 bits per heavy atom. The van der Waals surface area contributed by atoms with Crippen molar-refractivity contribution < 1.29 is 4.74 Å². The van der Waals surface area contributed by atoms with E-state index in [0.717, 1.165) is 16.6 Å². The summed E-state index contributed by atoms with van der Waals surface area (Å²) < 4.78 is 6.81. The molecule has 0 aliphatic heterocycles. The minimum Gasteiger partial charge on any atom is -0.383 e. The number of ether oxygens (including phenoxy) is 1. The average Bonchev–Trinajstić information content (AvgIpc) is 2.93. The van der Waals surface area contributed by atoms with Gasteiger partial charge in [0.2, 0.25) is 0 Å². The molecule has 0 aromatic carbocycles. The molecule has 0 bridgehead atoms. The van der Waals surface area contributed by atoms with Gasteiger partial charge in [0.05, 0.1) is 12.0 Å². The third kappa shape index (κ3) is 1.84. The number of H-pyrrole nitrogens is 1. The topological polar surface area (TPSA) is 94.6 Å². The van der Waals surface area contributed by atoms with Crippen LogP contribution in [0.5, 0.6) is 0 Å². The number of nitrogens with two attached hydrogens (primary N) is 1. The van der Waals surface area contributed by atoms with Crippen LogP contribution in [0.4, 0.5) is 5.82 Å². The molecule has 98 valence electrons. The van der Waals surface area contributed by atoms with Gasteiger partial charge in [-0.15, -0.1) is 0 Å². The summed E-state index contributed by atoms with van der Waals surface area (Å²) in [5.41, 5.74) is 8.38. The zero-order valence-corrected chi connectivity index (χ0v) is 10.7. The Kier molecular flexibility index (Phi) is 2.68. The molecule has 0 aliphatic rings. The zero-order chi connectivity index (χ0) is 13.4. The van der Waals surface area contributed by atoms with E-state index in [1.807, 2.05) is 19.1 Å². The van der Waals surface area contributed by atoms with Crippen LogP contribution in [0.2, 0.25) is 0 Å². The van der Waals surface area contributed by atoms with E-state index in [9.17, 15) is 0 Å². The first-order chi connectivity index (χ1) is 9.20. The number of nitrogen functional groups attached to an aromatic ring is 1. The molecule has 3 rings (SSSR count). The largest absolute Gasteiger partial charge is 0.383 e. The van der Waals surface area contributed by atoms with E-state index in [1.54, 1.807) is 18.0 Å². The van der Waals surface area contributed by atoms with Gasteiger partial charge in [0.1, 0.15) is 11.5 Å². The Morgan fingerprint density at radius 1 is 1.47 bits per heavy atom. The maximum Gasteiger partial charge on any atom is 0.188 e. The van der Waals surface area contributed by atoms with E-state index < -0.39 is 0 Å². The molecule has 0 unspecified atom stereocenters. The lowest BCUT2D eigenvalue weighted by Gasteiger charge is -2.01. The first-order valence-corrected chi connectivity index (χ1v) is 5.84. The SMILES string of the molecule is COCc1nn(-c2cc(C)ccn2)c2n[nH]c(N)c12. The first kappa shape index (κ1) is 11.7. The minimum atomic E-state index is 0.374. The maximum atomic E-state index is 5.88. The fourth-order valence-corrected chi connectivity index (χ4v) is 2.03. The average molecular weight is 258 g/mol. The number of pyridine rings is 1. The molecule has 3 aromatic rings. The lowest BCUT2D eigenvalue weighted by Crippen LogP contribution is -2.02. The van der Waals surface area contributed by atoms with Crippen molar-refractivity contribution in [2.45, 2.75) is 13.5 Å². The normalized spacial score (nSPS) is 11.3. The van der Waals surface area contributed by atoms with Gasteiger partial charge >= 0.3 is 0 Å². The number of aromatic amines is 1. The molecule has 0 amide bonds. The number of hydrogen-bond donors (Lipinski definition) is 2. The third-order valence-electron chi connectivity index (χ3n) is 2.88. The molecule has 0 fully saturated rings. The van der Waals surface area contributed by atoms with Crippen LogP contribution in [0.3, 0.4) is 0 Å². The summed E-state index contributed by atoms with van der Waals surface area (Å²) in [7, 11) is 1.62. The molecule has 0 aliphatic carbocycles. The molecule has 0 saturated heterocycles. The minimum absolute atomic E-state index is 0.374. The van der Waals surface area contributed by atoms with Crippen LogP contribution in [0.25, 0.3) is 16.9 Å². The molecule has 7 nitrogen and oxygen atoms in total. The van der Waals surface area contributed by atoms with Crippen LogP contribution < -0.4 is 5.73 Å². The highest BCUT2D eigenvalue weighted by Crippen LogP contribution is 2.24. The predicted octanol–water partition coefficient (Wildman–Crippen LogP) is 1.18. The lowest BCUT2D eigenvalue weighted by molar-refractivity contribution is 0.182. The van der Waals surface area contributed by atoms with Crippen molar-refractivity contribution in [3.8, 4) is 5.82 Å². The second-order valence-corrected chi connectivity index (χ2v) is 4.32. The highest BCUT2D eigenvalue weighted by Gasteiger charge is 2.17. The number of aromatic nitrogens is 5. The van der Waals surface area contributed by atoms with E-state index in [0.29, 0.717) is 23.9 Å². The van der Waals surface area contributed by atoms with Crippen molar-refractivity contribution in [3.63, 3.8) is 0 Å². The van der Waals surface area contributed by atoms with Crippen LogP contribution in [0.15, 0.2) is 18.3 Å². The van der Waals surface area contributed by atoms with Gasteiger partial charge in [-0.05, 0) is 24.6 Å². The van der Waals surface area contributed by atoms with Crippen molar-refractivity contribution >= 4 is 16.9 Å². The fourth-order valence-electron chi connectivity index (χ4n) is 2.03. The summed E-state index contributed by atoms with van der Waals surface area (Å²) >= 11 is 0. The lowest BCUT2D eigenvalue weighted by atomic mass is 10.3. The summed E-state index contributed by atoms with van der Waals surface area (Å²) in [6.07, 6.45) is 1.74. The van der Waals surface area contributed by atoms with E-state index in [-0.39, 0.29) is 0 Å². The van der Waals surface area contributed by atoms with Crippen LogP contribution >= 0.6 is 0 Å². The number of hydrogen-bond acceptors (Lipinski definition) is 5. The second kappa shape index (κ2) is 4.36. The maximum absolute atomic E-state index is 5.88. The van der Waals surface area contributed by atoms with Crippen LogP contribution in [-0.2, 0) is 11.3 Å². The number of rotatable bonds is 3. The van der Waals surface area contributed by atoms with E-state index in [4.69, 9.17) is 10.5 Å². The molecular weight excluding hydrogens is 244 g/mol. The van der Waals surface area contributed by atoms with Crippen molar-refractivity contribution in [1.82, 2.24) is 25.0 Å². The number of methoxy groups -OCH3 is 1. The highest BCUT2D eigenvalue weighted by atomic mass is 16.5. The molecule has 0 radical (unpaired) electrons. The monoisotopic (exact) mass is 258 g/mol. The van der Waals surface area contributed by atoms with Gasteiger partial charge in [0.25, 0.3) is 0 Å². The van der Waals surface area contributed by atoms with Gasteiger partial charge in [-0.3, -0.25) is 5.10 Å². The zero-order valence-electron chi connectivity index (χ0n) is 10.7. The molecule has 0 atom stereocenters. The Labute approximate surface area is 109 Å². The summed E-state index contributed by atoms with van der Waals surface area (Å²) in [4.78, 5) is 4.31. The Hall–Kier alpha value is -2.41. The van der Waals surface area contributed by atoms with Crippen molar-refractivity contribution in [3.05, 3.63) is 29.6 Å². The van der Waals surface area contributed by atoms with Crippen LogP contribution in [0, 0.1) is 6.92 Å². The van der Waals surface area contributed by atoms with E-state index >= 15 is 0 Å². The molecule has 19 heavy (non-hydrogen) atoms. The summed E-state index contributed by atoms with van der Waals surface area (Å²) in [5, 5.41) is 12.2. The molecule has 3 N–H and O–H groups in total. The molecule has 7 heteroatoms. The van der Waals surface area contributed by atoms with E-state index in [2.05, 4.69) is 20.3 Å². The number of fused-ring (bicyclic) bond motifs is 1. The number of aryl methyl sites for hydroxylation is 1. The smallest absolute Gasteiger partial charge is 0.188 e. The fraction of sp³-hybridized carbons (Fsp3) is 0.250. The highest BCUT2D eigenvalue weighted by molar-refractivity contribution is 5.89. The molecule has 0 spiro atoms. The first-order valence-electron chi connectivity index (χ1n) is 5.84. The number of anilines is 1. The summed E-state index contributed by atoms with van der Waals surface area (Å²) in [5.74, 6) is 1.19. The van der Waals surface area contributed by atoms with Gasteiger partial charge in [-0.1, -0.05) is 0 Å². The summed E-state index contributed by atoms with van der Waals surface area (Å²) in [6.45, 7) is 2.37. The predicted molar refractivity (Wildman–Crippen MR) is 70.9 cm³/mol. The molecule has 0 saturated carbocycles. The third-order valence-corrected chi connectivity index (χ3v) is 2.88. The summed E-state index contributed by atoms with van der Waals surface area (Å²) in [6, 6.07) is 3.87. The Bertz CT molecular complexity index is 729. The van der Waals surface area contributed by atoms with Gasteiger partial charge in [-0.25, -0.2) is 4.98 Å². The van der Waals surface area contributed by atoms with Gasteiger partial charge in [0.15, 0.2) is 11.5 Å². The van der Waals surface area contributed by atoms with Crippen molar-refractivity contribution in [2.24, 2.45) is 0 Å². The van der Waals surface area contributed by atoms with Gasteiger partial charge in [-0.2, -0.15) is 14.9 Å². The van der Waals surface area contributed by atoms with Gasteiger partial charge in [0, 0.05) is 13.3 Å². The van der Waals surface area contributed by atoms with Crippen molar-refractivity contribution in [1.29, 1.82) is 0 Å². The van der Waals surface area contributed by atoms with Crippen LogP contribution in [-0.4, -0.2) is 32.1 Å². The second-order valence-electron chi connectivity index (χ2n) is 4.32. The standard InChI is InChI=1S/C12H14N6O/c1-7-3-4-14-9(5-7)18-12-10(11(13)15-16-12)8(17-18)6-19-2/h3-5H,6H2,1-2H3,(H3,13,15,16). The molecule has 3 heterocycles. The Balaban J connectivity index is 2.24. The Morgan fingerprint density at radius 3 is 3.05 bits per heavy atom. The van der Waals surface area contributed by atoms with Gasteiger partial charge < -0.3 is 10.5 Å². The van der Waals surface area contributed by atoms with Crippen LogP contribution in [0.1, 0.15) is 11.3 Å². The van der Waals surface area contributed by atoms with Crippen molar-refractivity contribution in [2.75, 3.05) is 12.8 Å². The molecular formula is C12H14N6O. The quantitative estimate of drug-likeness (QED) is 0.735. The number of nitrogens with zero attached hydrogens (tertiary/aromatic N) is 4. The molecule has 3 aromatic heterocycles.